The van der Waals surface area contributed by atoms with E-state index in [0.717, 1.165) is 0 Å². The Kier molecular flexibility index (Phi) is 2.19. The maximum absolute atomic E-state index is 10.7. The molecule has 1 saturated carbocycles. The van der Waals surface area contributed by atoms with Gasteiger partial charge in [-0.1, -0.05) is 13.8 Å². The molecule has 0 amide bonds. The van der Waals surface area contributed by atoms with Crippen molar-refractivity contribution in [2.24, 2.45) is 5.41 Å². The first-order valence-electron chi connectivity index (χ1n) is 4.95. The lowest BCUT2D eigenvalue weighted by Crippen LogP contribution is -2.49. The number of hydrogen-bond acceptors (Lipinski definition) is 3. The van der Waals surface area contributed by atoms with Gasteiger partial charge in [-0.2, -0.15) is 5.10 Å². The second-order valence-electron chi connectivity index (χ2n) is 4.59. The molecule has 0 radical (unpaired) electrons. The molecule has 0 saturated heterocycles. The van der Waals surface area contributed by atoms with E-state index in [0.29, 0.717) is 23.8 Å². The first-order chi connectivity index (χ1) is 6.58. The van der Waals surface area contributed by atoms with E-state index in [9.17, 15) is 4.79 Å². The molecular formula is C9H16N4O. The van der Waals surface area contributed by atoms with Crippen LogP contribution < -0.4 is 11.0 Å². The van der Waals surface area contributed by atoms with Gasteiger partial charge in [0, 0.05) is 6.04 Å². The lowest BCUT2D eigenvalue weighted by atomic mass is 9.67. The van der Waals surface area contributed by atoms with Gasteiger partial charge in [0.15, 0.2) is 0 Å². The summed E-state index contributed by atoms with van der Waals surface area (Å²) in [6.07, 6.45) is 2.48. The first-order valence-corrected chi connectivity index (χ1v) is 4.95. The Morgan fingerprint density at radius 1 is 1.64 bits per heavy atom. The summed E-state index contributed by atoms with van der Waals surface area (Å²) in [5.41, 5.74) is 0.144. The quantitative estimate of drug-likeness (QED) is 0.654. The molecule has 0 spiro atoms. The van der Waals surface area contributed by atoms with Gasteiger partial charge in [0.05, 0.1) is 6.54 Å². The van der Waals surface area contributed by atoms with Gasteiger partial charge in [-0.05, 0) is 18.3 Å². The standard InChI is InChI=1S/C9H16N4O/c1-9(2)4-3-6(9)10-5-7-11-8(14)13-12-7/h6,10H,3-5H2,1-2H3,(H2,11,12,13,14). The van der Waals surface area contributed by atoms with Crippen molar-refractivity contribution in [1.29, 1.82) is 0 Å². The summed E-state index contributed by atoms with van der Waals surface area (Å²) in [4.78, 5) is 13.4. The highest BCUT2D eigenvalue weighted by Gasteiger charge is 2.37. The zero-order valence-electron chi connectivity index (χ0n) is 8.55. The maximum atomic E-state index is 10.7. The fourth-order valence-corrected chi connectivity index (χ4v) is 1.85. The molecule has 2 rings (SSSR count). The zero-order valence-corrected chi connectivity index (χ0v) is 8.55. The Hall–Kier alpha value is -1.10. The van der Waals surface area contributed by atoms with E-state index in [1.165, 1.54) is 12.8 Å². The monoisotopic (exact) mass is 196 g/mol. The number of aromatic amines is 2. The van der Waals surface area contributed by atoms with Gasteiger partial charge in [0.1, 0.15) is 5.82 Å². The summed E-state index contributed by atoms with van der Waals surface area (Å²) >= 11 is 0. The average molecular weight is 196 g/mol. The molecule has 14 heavy (non-hydrogen) atoms. The summed E-state index contributed by atoms with van der Waals surface area (Å²) in [5.74, 6) is 0.678. The molecule has 3 N–H and O–H groups in total. The summed E-state index contributed by atoms with van der Waals surface area (Å²) in [7, 11) is 0. The van der Waals surface area contributed by atoms with Crippen LogP contribution in [0.25, 0.3) is 0 Å². The van der Waals surface area contributed by atoms with Crippen LogP contribution in [0.5, 0.6) is 0 Å². The van der Waals surface area contributed by atoms with Crippen LogP contribution in [0.3, 0.4) is 0 Å². The molecule has 5 heteroatoms. The minimum atomic E-state index is -0.241. The van der Waals surface area contributed by atoms with Crippen molar-refractivity contribution in [2.75, 3.05) is 0 Å². The number of nitrogens with one attached hydrogen (secondary N) is 3. The van der Waals surface area contributed by atoms with Gasteiger partial charge in [-0.15, -0.1) is 0 Å². The molecule has 1 heterocycles. The van der Waals surface area contributed by atoms with Crippen molar-refractivity contribution in [3.8, 4) is 0 Å². The van der Waals surface area contributed by atoms with Crippen LogP contribution in [0.15, 0.2) is 4.79 Å². The first kappa shape index (κ1) is 9.45. The molecule has 1 aliphatic rings. The van der Waals surface area contributed by atoms with Crippen molar-refractivity contribution in [3.63, 3.8) is 0 Å². The molecule has 1 aromatic rings. The molecule has 5 nitrogen and oxygen atoms in total. The van der Waals surface area contributed by atoms with Crippen molar-refractivity contribution in [2.45, 2.75) is 39.3 Å². The molecule has 1 fully saturated rings. The molecule has 1 aliphatic carbocycles. The highest BCUT2D eigenvalue weighted by molar-refractivity contribution is 4.95. The minimum Gasteiger partial charge on any atom is -0.307 e. The van der Waals surface area contributed by atoms with E-state index in [-0.39, 0.29) is 5.69 Å². The predicted molar refractivity (Wildman–Crippen MR) is 52.9 cm³/mol. The van der Waals surface area contributed by atoms with Crippen molar-refractivity contribution in [3.05, 3.63) is 16.3 Å². The molecule has 1 aromatic heterocycles. The number of nitrogens with zero attached hydrogens (tertiary/aromatic N) is 1. The van der Waals surface area contributed by atoms with E-state index < -0.39 is 0 Å². The normalized spacial score (nSPS) is 24.6. The number of rotatable bonds is 3. The van der Waals surface area contributed by atoms with Gasteiger partial charge < -0.3 is 5.32 Å². The smallest absolute Gasteiger partial charge is 0.307 e. The van der Waals surface area contributed by atoms with Gasteiger partial charge >= 0.3 is 5.69 Å². The van der Waals surface area contributed by atoms with Crippen LogP contribution in [0.2, 0.25) is 0 Å². The van der Waals surface area contributed by atoms with Crippen molar-refractivity contribution in [1.82, 2.24) is 20.5 Å². The Morgan fingerprint density at radius 2 is 2.43 bits per heavy atom. The third-order valence-corrected chi connectivity index (χ3v) is 3.09. The van der Waals surface area contributed by atoms with Crippen LogP contribution in [0.1, 0.15) is 32.5 Å². The van der Waals surface area contributed by atoms with Crippen LogP contribution >= 0.6 is 0 Å². The SMILES string of the molecule is CC1(C)CCC1NCc1n[nH]c(=O)[nH]1. The Balaban J connectivity index is 1.86. The molecule has 0 aromatic carbocycles. The predicted octanol–water partition coefficient (Wildman–Crippen LogP) is 0.376. The third-order valence-electron chi connectivity index (χ3n) is 3.09. The summed E-state index contributed by atoms with van der Waals surface area (Å²) in [5, 5.41) is 9.57. The molecule has 0 bridgehead atoms. The van der Waals surface area contributed by atoms with Crippen LogP contribution in [-0.2, 0) is 6.54 Å². The van der Waals surface area contributed by atoms with Gasteiger partial charge in [0.2, 0.25) is 0 Å². The maximum Gasteiger partial charge on any atom is 0.340 e. The van der Waals surface area contributed by atoms with Crippen LogP contribution in [0, 0.1) is 5.41 Å². The molecule has 1 atom stereocenters. The second kappa shape index (κ2) is 3.24. The van der Waals surface area contributed by atoms with E-state index in [1.54, 1.807) is 0 Å². The third kappa shape index (κ3) is 1.72. The van der Waals surface area contributed by atoms with Crippen LogP contribution in [0.4, 0.5) is 0 Å². The summed E-state index contributed by atoms with van der Waals surface area (Å²) in [6.45, 7) is 5.13. The minimum absolute atomic E-state index is 0.241. The Bertz CT molecular complexity index is 365. The fourth-order valence-electron chi connectivity index (χ4n) is 1.85. The van der Waals surface area contributed by atoms with E-state index >= 15 is 0 Å². The molecule has 78 valence electrons. The van der Waals surface area contributed by atoms with E-state index in [2.05, 4.69) is 34.3 Å². The lowest BCUT2D eigenvalue weighted by Gasteiger charge is -2.45. The topological polar surface area (TPSA) is 73.6 Å². The molecule has 1 unspecified atom stereocenters. The average Bonchev–Trinajstić information content (AvgIpc) is 2.50. The molecular weight excluding hydrogens is 180 g/mol. The fraction of sp³-hybridized carbons (Fsp3) is 0.778. The van der Waals surface area contributed by atoms with Gasteiger partial charge in [0.25, 0.3) is 0 Å². The summed E-state index contributed by atoms with van der Waals surface area (Å²) < 4.78 is 0. The Morgan fingerprint density at radius 3 is 2.86 bits per heavy atom. The van der Waals surface area contributed by atoms with Crippen molar-refractivity contribution >= 4 is 0 Å². The van der Waals surface area contributed by atoms with Crippen LogP contribution in [-0.4, -0.2) is 21.2 Å². The van der Waals surface area contributed by atoms with E-state index in [1.807, 2.05) is 0 Å². The zero-order chi connectivity index (χ0) is 10.2. The largest absolute Gasteiger partial charge is 0.340 e. The number of H-pyrrole nitrogens is 2. The number of hydrogen-bond donors (Lipinski definition) is 3. The van der Waals surface area contributed by atoms with E-state index in [4.69, 9.17) is 0 Å². The van der Waals surface area contributed by atoms with Gasteiger partial charge in [-0.25, -0.2) is 9.89 Å². The summed E-state index contributed by atoms with van der Waals surface area (Å²) in [6, 6.07) is 0.544. The lowest BCUT2D eigenvalue weighted by molar-refractivity contribution is 0.107. The van der Waals surface area contributed by atoms with Gasteiger partial charge in [-0.3, -0.25) is 4.98 Å². The Labute approximate surface area is 82.3 Å². The molecule has 0 aliphatic heterocycles. The number of aromatic nitrogens is 3. The van der Waals surface area contributed by atoms with Crippen molar-refractivity contribution < 1.29 is 0 Å². The second-order valence-corrected chi connectivity index (χ2v) is 4.59. The highest BCUT2D eigenvalue weighted by atomic mass is 16.1. The highest BCUT2D eigenvalue weighted by Crippen LogP contribution is 2.39.